The third-order valence-corrected chi connectivity index (χ3v) is 7.10. The molecular formula is C23H18ClF2N5O4S. The number of aliphatic hydroxyl groups excluding tert-OH is 2. The molecular weight excluding hydrogens is 516 g/mol. The van der Waals surface area contributed by atoms with Crippen molar-refractivity contribution in [3.8, 4) is 29.7 Å². The lowest BCUT2D eigenvalue weighted by atomic mass is 9.97. The van der Waals surface area contributed by atoms with Crippen LogP contribution >= 0.6 is 23.4 Å². The number of benzene rings is 1. The Hall–Kier alpha value is -3.10. The number of halogens is 3. The Morgan fingerprint density at radius 2 is 2.06 bits per heavy atom. The van der Waals surface area contributed by atoms with Gasteiger partial charge in [0.15, 0.2) is 5.69 Å². The molecule has 1 aliphatic rings. The van der Waals surface area contributed by atoms with Crippen LogP contribution in [0.2, 0.25) is 5.02 Å². The second kappa shape index (κ2) is 10.9. The summed E-state index contributed by atoms with van der Waals surface area (Å²) in [5.74, 6) is 0.525. The quantitative estimate of drug-likeness (QED) is 0.363. The molecule has 4 rings (SSSR count). The lowest BCUT2D eigenvalue weighted by Crippen LogP contribution is -2.55. The number of aromatic nitrogens is 4. The highest BCUT2D eigenvalue weighted by Gasteiger charge is 2.47. The highest BCUT2D eigenvalue weighted by Crippen LogP contribution is 2.40. The van der Waals surface area contributed by atoms with Crippen LogP contribution in [0.25, 0.3) is 11.3 Å². The molecule has 2 N–H and O–H groups in total. The van der Waals surface area contributed by atoms with Gasteiger partial charge < -0.3 is 19.7 Å². The van der Waals surface area contributed by atoms with Crippen molar-refractivity contribution in [3.05, 3.63) is 58.5 Å². The van der Waals surface area contributed by atoms with Gasteiger partial charge in [-0.15, -0.1) is 11.5 Å². The molecule has 5 atom stereocenters. The molecule has 0 aliphatic carbocycles. The fraction of sp³-hybridized carbons (Fsp3) is 0.304. The first-order valence-corrected chi connectivity index (χ1v) is 11.6. The molecule has 0 radical (unpaired) electrons. The third-order valence-electron chi connectivity index (χ3n) is 5.56. The first-order chi connectivity index (χ1) is 17.3. The lowest BCUT2D eigenvalue weighted by Gasteiger charge is -2.43. The molecule has 9 nitrogen and oxygen atoms in total. The van der Waals surface area contributed by atoms with Crippen molar-refractivity contribution in [1.82, 2.24) is 20.0 Å². The van der Waals surface area contributed by atoms with E-state index in [1.165, 1.54) is 24.2 Å². The second-order valence-electron chi connectivity index (χ2n) is 7.69. The Bertz CT molecular complexity index is 1340. The van der Waals surface area contributed by atoms with Gasteiger partial charge >= 0.3 is 0 Å². The minimum atomic E-state index is -1.30. The van der Waals surface area contributed by atoms with Crippen LogP contribution < -0.4 is 0 Å². The van der Waals surface area contributed by atoms with E-state index in [0.717, 1.165) is 23.9 Å². The van der Waals surface area contributed by atoms with Crippen molar-refractivity contribution in [2.75, 3.05) is 13.7 Å². The van der Waals surface area contributed by atoms with Crippen LogP contribution in [0.3, 0.4) is 0 Å². The van der Waals surface area contributed by atoms with Crippen molar-refractivity contribution in [1.29, 1.82) is 5.26 Å². The fourth-order valence-electron chi connectivity index (χ4n) is 3.79. The Labute approximate surface area is 213 Å². The standard InChI is InChI=1S/C23H18ClF2N5O4S/c1-3-11-4-18(15(7-27)28-8-11)36-23-22(34-2)20(21(33)17(10-32)35-23)31-9-16(29-30-31)12-5-13(25)19(24)14(26)6-12/h1,4-6,8-9,17,20-23,32-33H,10H2,2H3/t17-,20+,21+,22-,23-/m1/s1. The molecule has 1 aromatic carbocycles. The Kier molecular flexibility index (Phi) is 7.85. The van der Waals surface area contributed by atoms with Crippen molar-refractivity contribution in [2.45, 2.75) is 34.7 Å². The number of terminal acetylenes is 1. The summed E-state index contributed by atoms with van der Waals surface area (Å²) in [5, 5.41) is 37.6. The van der Waals surface area contributed by atoms with Gasteiger partial charge in [-0.1, -0.05) is 34.5 Å². The largest absolute Gasteiger partial charge is 0.394 e. The summed E-state index contributed by atoms with van der Waals surface area (Å²) in [4.78, 5) is 4.47. The van der Waals surface area contributed by atoms with Crippen molar-refractivity contribution < 1.29 is 28.5 Å². The number of nitriles is 1. The van der Waals surface area contributed by atoms with E-state index in [0.29, 0.717) is 10.5 Å². The maximum Gasteiger partial charge on any atom is 0.154 e. The number of nitrogens with zero attached hydrogens (tertiary/aromatic N) is 5. The minimum Gasteiger partial charge on any atom is -0.394 e. The summed E-state index contributed by atoms with van der Waals surface area (Å²) < 4.78 is 40.7. The molecule has 1 aliphatic heterocycles. The van der Waals surface area contributed by atoms with E-state index >= 15 is 0 Å². The van der Waals surface area contributed by atoms with Gasteiger partial charge in [0.2, 0.25) is 0 Å². The van der Waals surface area contributed by atoms with Crippen LogP contribution in [0.4, 0.5) is 8.78 Å². The molecule has 3 aromatic rings. The van der Waals surface area contributed by atoms with E-state index in [4.69, 9.17) is 27.5 Å². The number of pyridine rings is 1. The topological polar surface area (TPSA) is 126 Å². The molecule has 3 heterocycles. The van der Waals surface area contributed by atoms with Gasteiger partial charge in [-0.05, 0) is 18.2 Å². The van der Waals surface area contributed by atoms with E-state index in [9.17, 15) is 24.3 Å². The molecule has 0 amide bonds. The van der Waals surface area contributed by atoms with Crippen LogP contribution in [0.5, 0.6) is 0 Å². The zero-order valence-corrected chi connectivity index (χ0v) is 20.1. The summed E-state index contributed by atoms with van der Waals surface area (Å²) in [6, 6.07) is 4.67. The number of methoxy groups -OCH3 is 1. The van der Waals surface area contributed by atoms with Gasteiger partial charge in [-0.25, -0.2) is 18.4 Å². The van der Waals surface area contributed by atoms with Gasteiger partial charge in [-0.2, -0.15) is 5.26 Å². The molecule has 13 heteroatoms. The van der Waals surface area contributed by atoms with Gasteiger partial charge in [0.25, 0.3) is 0 Å². The van der Waals surface area contributed by atoms with Gasteiger partial charge in [0, 0.05) is 29.3 Å². The van der Waals surface area contributed by atoms with Crippen molar-refractivity contribution in [3.63, 3.8) is 0 Å². The lowest BCUT2D eigenvalue weighted by molar-refractivity contribution is -0.186. The van der Waals surface area contributed by atoms with E-state index in [1.54, 1.807) is 6.07 Å². The van der Waals surface area contributed by atoms with E-state index in [2.05, 4.69) is 21.2 Å². The molecule has 0 spiro atoms. The molecule has 186 valence electrons. The number of aliphatic hydroxyl groups is 2. The van der Waals surface area contributed by atoms with Crippen LogP contribution in [0.1, 0.15) is 17.3 Å². The van der Waals surface area contributed by atoms with Crippen molar-refractivity contribution >= 4 is 23.4 Å². The summed E-state index contributed by atoms with van der Waals surface area (Å²) in [5.41, 5.74) is -0.104. The van der Waals surface area contributed by atoms with Crippen molar-refractivity contribution in [2.24, 2.45) is 0 Å². The van der Waals surface area contributed by atoms with Crippen LogP contribution in [0.15, 0.2) is 35.5 Å². The minimum absolute atomic E-state index is 0.0802. The van der Waals surface area contributed by atoms with Gasteiger partial charge in [0.05, 0.1) is 12.8 Å². The molecule has 0 bridgehead atoms. The number of ether oxygens (including phenoxy) is 2. The normalized spacial score (nSPS) is 23.7. The van der Waals surface area contributed by atoms with E-state index in [1.807, 2.05) is 6.07 Å². The van der Waals surface area contributed by atoms with E-state index < -0.39 is 53.1 Å². The van der Waals surface area contributed by atoms with Crippen LogP contribution in [-0.4, -0.2) is 67.7 Å². The average Bonchev–Trinajstić information content (AvgIpc) is 3.37. The second-order valence-corrected chi connectivity index (χ2v) is 9.21. The predicted octanol–water partition coefficient (Wildman–Crippen LogP) is 2.55. The van der Waals surface area contributed by atoms with Crippen LogP contribution in [-0.2, 0) is 9.47 Å². The smallest absolute Gasteiger partial charge is 0.154 e. The maximum atomic E-state index is 14.0. The fourth-order valence-corrected chi connectivity index (χ4v) is 5.16. The maximum absolute atomic E-state index is 14.0. The SMILES string of the molecule is C#Cc1cnc(C#N)c(S[C@H]2O[C@H](CO)[C@H](O)[C@H](n3cc(-c4cc(F)c(Cl)c(F)c4)nn3)[C@H]2OC)c1. The zero-order valence-electron chi connectivity index (χ0n) is 18.5. The highest BCUT2D eigenvalue weighted by molar-refractivity contribution is 7.99. The predicted molar refractivity (Wildman–Crippen MR) is 125 cm³/mol. The summed E-state index contributed by atoms with van der Waals surface area (Å²) in [6.07, 6.45) is 5.01. The molecule has 0 saturated carbocycles. The number of hydrogen-bond donors (Lipinski definition) is 2. The number of hydrogen-bond acceptors (Lipinski definition) is 9. The zero-order chi connectivity index (χ0) is 26.0. The molecule has 2 aromatic heterocycles. The third kappa shape index (κ3) is 4.92. The Morgan fingerprint density at radius 1 is 1.33 bits per heavy atom. The monoisotopic (exact) mass is 533 g/mol. The number of rotatable bonds is 6. The number of thioether (sulfide) groups is 1. The van der Waals surface area contributed by atoms with Crippen LogP contribution in [0, 0.1) is 35.3 Å². The Morgan fingerprint density at radius 3 is 2.67 bits per heavy atom. The van der Waals surface area contributed by atoms with Gasteiger partial charge in [0.1, 0.15) is 58.2 Å². The first kappa shape index (κ1) is 26.0. The highest BCUT2D eigenvalue weighted by atomic mass is 35.5. The first-order valence-electron chi connectivity index (χ1n) is 10.4. The molecule has 36 heavy (non-hydrogen) atoms. The molecule has 1 fully saturated rings. The Balaban J connectivity index is 1.70. The van der Waals surface area contributed by atoms with E-state index in [-0.39, 0.29) is 17.0 Å². The molecule has 1 saturated heterocycles. The summed E-state index contributed by atoms with van der Waals surface area (Å²) >= 11 is 6.64. The molecule has 0 unspecified atom stereocenters. The summed E-state index contributed by atoms with van der Waals surface area (Å²) in [6.45, 7) is -0.534. The average molecular weight is 534 g/mol. The summed E-state index contributed by atoms with van der Waals surface area (Å²) in [7, 11) is 1.39. The van der Waals surface area contributed by atoms with Gasteiger partial charge in [-0.3, -0.25) is 0 Å².